The first-order chi connectivity index (χ1) is 7.47. The van der Waals surface area contributed by atoms with E-state index in [0.717, 1.165) is 6.29 Å². The Hall–Kier alpha value is -0.860. The first kappa shape index (κ1) is 29.4. The van der Waals surface area contributed by atoms with E-state index in [-0.39, 0.29) is 6.54 Å². The van der Waals surface area contributed by atoms with E-state index < -0.39 is 6.29 Å². The number of aldehydes is 2. The van der Waals surface area contributed by atoms with Gasteiger partial charge in [0.1, 0.15) is 18.9 Å². The van der Waals surface area contributed by atoms with Gasteiger partial charge >= 0.3 is 0 Å². The summed E-state index contributed by atoms with van der Waals surface area (Å²) in [6, 6.07) is 0. The molecule has 0 saturated carbocycles. The normalized spacial score (nSPS) is 6.12. The molecule has 10 N–H and O–H groups in total. The second kappa shape index (κ2) is 64.8. The number of nitrogens with two attached hydrogens (primary N) is 5. The fourth-order valence-corrected chi connectivity index (χ4v) is 0. The van der Waals surface area contributed by atoms with Gasteiger partial charge in [-0.3, -0.25) is 0 Å². The maximum atomic E-state index is 9.05. The quantitative estimate of drug-likeness (QED) is 0.274. The van der Waals surface area contributed by atoms with E-state index >= 15 is 0 Å². The smallest absolute Gasteiger partial charge is 0.133 e. The molecule has 0 radical (unpaired) electrons. The number of hydrogen-bond donors (Lipinski definition) is 5. The lowest BCUT2D eigenvalue weighted by Crippen LogP contribution is -2.39. The van der Waals surface area contributed by atoms with E-state index in [4.69, 9.17) is 9.59 Å². The van der Waals surface area contributed by atoms with Crippen LogP contribution in [0.2, 0.25) is 0 Å². The predicted octanol–water partition coefficient (Wildman–Crippen LogP) is -1.51. The Bertz CT molecular complexity index is 89.2. The Kier molecular flexibility index (Phi) is 119. The van der Waals surface area contributed by atoms with Crippen LogP contribution in [0.25, 0.3) is 0 Å². The summed E-state index contributed by atoms with van der Waals surface area (Å²) in [4.78, 5) is 17.9. The van der Waals surface area contributed by atoms with Crippen LogP contribution < -0.4 is 28.7 Å². The highest BCUT2D eigenvalue weighted by Crippen LogP contribution is 1.56. The fourth-order valence-electron chi connectivity index (χ4n) is 0. The van der Waals surface area contributed by atoms with Crippen LogP contribution in [-0.2, 0) is 9.59 Å². The van der Waals surface area contributed by atoms with Gasteiger partial charge in [-0.25, -0.2) is 0 Å². The fraction of sp³-hybridized carbons (Fsp3) is 0.778. The molecule has 0 fully saturated rings. The minimum absolute atomic E-state index is 0.139. The van der Waals surface area contributed by atoms with E-state index in [2.05, 4.69) is 42.5 Å². The average Bonchev–Trinajstić information content (AvgIpc) is 2.22. The summed E-state index contributed by atoms with van der Waals surface area (Å²) in [6.07, 6.45) is 1.99. The highest BCUT2D eigenvalue weighted by Gasteiger charge is 1.64. The third-order valence-electron chi connectivity index (χ3n) is 0.0962. The minimum Gasteiger partial charge on any atom is -0.333 e. The van der Waals surface area contributed by atoms with E-state index in [9.17, 15) is 0 Å². The number of carbonyl (C=O) groups is 2. The summed E-state index contributed by atoms with van der Waals surface area (Å²) in [5.74, 6) is 0. The molecular weight excluding hydrogens is 210 g/mol. The van der Waals surface area contributed by atoms with Gasteiger partial charge < -0.3 is 38.3 Å². The third-order valence-corrected chi connectivity index (χ3v) is 0.0962. The number of rotatable bonds is 1. The van der Waals surface area contributed by atoms with Crippen LogP contribution in [0.4, 0.5) is 0 Å². The monoisotopic (exact) mass is 239 g/mol. The molecule has 0 saturated heterocycles. The maximum Gasteiger partial charge on any atom is 0.133 e. The molecule has 0 bridgehead atoms. The van der Waals surface area contributed by atoms with Crippen molar-refractivity contribution in [1.82, 2.24) is 0 Å². The topological polar surface area (TPSA) is 164 Å². The van der Waals surface area contributed by atoms with Crippen LogP contribution in [0, 0.1) is 0 Å². The Morgan fingerprint density at radius 1 is 1.06 bits per heavy atom. The molecule has 0 rings (SSSR count). The molecule has 0 aliphatic carbocycles. The van der Waals surface area contributed by atoms with Crippen LogP contribution in [-0.4, -0.2) is 32.5 Å². The van der Waals surface area contributed by atoms with E-state index in [1.54, 1.807) is 0 Å². The van der Waals surface area contributed by atoms with Crippen molar-refractivity contribution in [2.75, 3.05) is 13.6 Å². The lowest BCUT2D eigenvalue weighted by Gasteiger charge is -1.84. The molecule has 0 aromatic carbocycles. The van der Waals surface area contributed by atoms with Crippen molar-refractivity contribution < 1.29 is 9.59 Å². The zero-order valence-corrected chi connectivity index (χ0v) is 10.8. The average molecular weight is 239 g/mol. The lowest BCUT2D eigenvalue weighted by atomic mass is 10.6. The third kappa shape index (κ3) is 98800. The van der Waals surface area contributed by atoms with Crippen molar-refractivity contribution in [3.63, 3.8) is 0 Å². The Morgan fingerprint density at radius 2 is 1.12 bits per heavy atom. The van der Waals surface area contributed by atoms with Gasteiger partial charge in [-0.1, -0.05) is 20.3 Å². The Balaban J connectivity index is -0.0000000322. The molecule has 0 aromatic rings. The molecule has 0 amide bonds. The molecule has 0 atom stereocenters. The van der Waals surface area contributed by atoms with Crippen molar-refractivity contribution in [1.29, 1.82) is 0 Å². The molecule has 0 aliphatic rings. The summed E-state index contributed by atoms with van der Waals surface area (Å²) >= 11 is 0. The summed E-state index contributed by atoms with van der Waals surface area (Å²) in [6.45, 7) is 5.83. The Labute approximate surface area is 98.7 Å². The second-order valence-electron chi connectivity index (χ2n) is 1.92. The van der Waals surface area contributed by atoms with Crippen LogP contribution in [0.1, 0.15) is 27.2 Å². The first-order valence-corrected chi connectivity index (χ1v) is 4.86. The van der Waals surface area contributed by atoms with Crippen LogP contribution in [0.5, 0.6) is 0 Å². The van der Waals surface area contributed by atoms with Crippen molar-refractivity contribution in [3.8, 4) is 0 Å². The predicted molar refractivity (Wildman–Crippen MR) is 69.3 cm³/mol. The van der Waals surface area contributed by atoms with Gasteiger partial charge in [-0.05, 0) is 14.0 Å². The van der Waals surface area contributed by atoms with E-state index in [1.807, 2.05) is 0 Å². The molecule has 0 unspecified atom stereocenters. The first-order valence-electron chi connectivity index (χ1n) is 4.86. The van der Waals surface area contributed by atoms with Crippen molar-refractivity contribution in [2.24, 2.45) is 28.7 Å². The van der Waals surface area contributed by atoms with Crippen LogP contribution >= 0.6 is 0 Å². The van der Waals surface area contributed by atoms with Gasteiger partial charge in [0.2, 0.25) is 0 Å². The Morgan fingerprint density at radius 3 is 1.12 bits per heavy atom. The molecule has 7 nitrogen and oxygen atoms in total. The zero-order valence-electron chi connectivity index (χ0n) is 10.8. The van der Waals surface area contributed by atoms with Crippen molar-refractivity contribution in [2.45, 2.75) is 33.5 Å². The summed E-state index contributed by atoms with van der Waals surface area (Å²) in [7, 11) is 1.50. The maximum absolute atomic E-state index is 9.05. The highest BCUT2D eigenvalue weighted by molar-refractivity contribution is 5.51. The van der Waals surface area contributed by atoms with Gasteiger partial charge in [-0.2, -0.15) is 0 Å². The van der Waals surface area contributed by atoms with Gasteiger partial charge in [0.25, 0.3) is 0 Å². The van der Waals surface area contributed by atoms with Gasteiger partial charge in [0.15, 0.2) is 0 Å². The highest BCUT2D eigenvalue weighted by atomic mass is 16.1. The van der Waals surface area contributed by atoms with Gasteiger partial charge in [0, 0.05) is 6.54 Å². The minimum atomic E-state index is -0.667. The molecule has 0 heterocycles. The molecule has 0 aromatic heterocycles. The summed E-state index contributed by atoms with van der Waals surface area (Å²) in [5.41, 5.74) is 23.2. The standard InChI is InChI=1S/C3H8.C2H5NO.C2H4O.CH7N3.CH5N/c1-3-2;3-1-2-4;1-2-3;2-1(3)4;1-2/h3H2,1-2H3;2H,1,3H2;2H,1H3;1H,2-4H2;2H2,1H3. The molecular formula is C9H29N5O2. The molecule has 0 spiro atoms. The molecule has 102 valence electrons. The van der Waals surface area contributed by atoms with Crippen molar-refractivity contribution in [3.05, 3.63) is 0 Å². The largest absolute Gasteiger partial charge is 0.333 e. The second-order valence-corrected chi connectivity index (χ2v) is 1.92. The molecule has 0 aliphatic heterocycles. The van der Waals surface area contributed by atoms with Crippen LogP contribution in [0.3, 0.4) is 0 Å². The number of carbonyl (C=O) groups excluding carboxylic acids is 2. The SMILES string of the molecule is CC=O.CCC.CN.NC(N)N.NCC=O. The summed E-state index contributed by atoms with van der Waals surface area (Å²) in [5, 5.41) is 0. The molecule has 16 heavy (non-hydrogen) atoms. The van der Waals surface area contributed by atoms with Crippen molar-refractivity contribution >= 4 is 12.6 Å². The molecule has 7 heteroatoms. The lowest BCUT2D eigenvalue weighted by molar-refractivity contribution is -0.107. The van der Waals surface area contributed by atoms with E-state index in [1.165, 1.54) is 20.4 Å². The van der Waals surface area contributed by atoms with Gasteiger partial charge in [0.05, 0.1) is 0 Å². The summed E-state index contributed by atoms with van der Waals surface area (Å²) < 4.78 is 0. The number of hydrogen-bond acceptors (Lipinski definition) is 7. The van der Waals surface area contributed by atoms with Crippen LogP contribution in [0.15, 0.2) is 0 Å². The van der Waals surface area contributed by atoms with E-state index in [0.29, 0.717) is 6.29 Å². The van der Waals surface area contributed by atoms with Gasteiger partial charge in [-0.15, -0.1) is 0 Å². The zero-order chi connectivity index (χ0) is 14.4.